The normalized spacial score (nSPS) is 11.8. The summed E-state index contributed by atoms with van der Waals surface area (Å²) in [6.45, 7) is 2.08. The number of hydrogen-bond acceptors (Lipinski definition) is 6. The molecule has 1 heterocycles. The molecule has 32 heavy (non-hydrogen) atoms. The van der Waals surface area contributed by atoms with Crippen LogP contribution in [-0.4, -0.2) is 29.9 Å². The van der Waals surface area contributed by atoms with Crippen molar-refractivity contribution in [2.24, 2.45) is 5.10 Å². The lowest BCUT2D eigenvalue weighted by molar-refractivity contribution is -0.123. The van der Waals surface area contributed by atoms with E-state index in [9.17, 15) is 9.59 Å². The van der Waals surface area contributed by atoms with Gasteiger partial charge < -0.3 is 14.5 Å². The smallest absolute Gasteiger partial charge is 0.258 e. The van der Waals surface area contributed by atoms with E-state index in [2.05, 4.69) is 15.8 Å². The SMILES string of the molecule is C[C@H](SCc1ccccc1)C(=O)N/N=C\c1ccc(OCC(=O)NCc2ccco2)cc1. The number of furan rings is 1. The Morgan fingerprint density at radius 3 is 2.59 bits per heavy atom. The van der Waals surface area contributed by atoms with Crippen LogP contribution in [0, 0.1) is 0 Å². The predicted octanol–water partition coefficient (Wildman–Crippen LogP) is 3.75. The fourth-order valence-corrected chi connectivity index (χ4v) is 3.42. The number of amides is 2. The van der Waals surface area contributed by atoms with E-state index in [1.165, 1.54) is 5.56 Å². The van der Waals surface area contributed by atoms with Gasteiger partial charge in [-0.05, 0) is 54.4 Å². The van der Waals surface area contributed by atoms with Crippen molar-refractivity contribution in [1.29, 1.82) is 0 Å². The van der Waals surface area contributed by atoms with Gasteiger partial charge in [-0.3, -0.25) is 9.59 Å². The number of nitrogens with zero attached hydrogens (tertiary/aromatic N) is 1. The maximum Gasteiger partial charge on any atom is 0.258 e. The number of hydrogen-bond donors (Lipinski definition) is 2. The molecule has 0 saturated carbocycles. The number of ether oxygens (including phenoxy) is 1. The largest absolute Gasteiger partial charge is 0.484 e. The molecular weight excluding hydrogens is 426 g/mol. The maximum atomic E-state index is 12.2. The summed E-state index contributed by atoms with van der Waals surface area (Å²) in [5, 5.41) is 6.51. The van der Waals surface area contributed by atoms with E-state index in [-0.39, 0.29) is 23.7 Å². The van der Waals surface area contributed by atoms with Gasteiger partial charge in [-0.1, -0.05) is 30.3 Å². The first-order valence-electron chi connectivity index (χ1n) is 10.1. The lowest BCUT2D eigenvalue weighted by Gasteiger charge is -2.09. The van der Waals surface area contributed by atoms with E-state index in [0.717, 1.165) is 11.3 Å². The Morgan fingerprint density at radius 2 is 1.88 bits per heavy atom. The van der Waals surface area contributed by atoms with E-state index < -0.39 is 0 Å². The second-order valence-corrected chi connectivity index (χ2v) is 8.22. The minimum atomic E-state index is -0.242. The summed E-state index contributed by atoms with van der Waals surface area (Å²) in [6, 6.07) is 20.6. The van der Waals surface area contributed by atoms with Gasteiger partial charge in [0.05, 0.1) is 24.3 Å². The van der Waals surface area contributed by atoms with Crippen molar-refractivity contribution in [2.75, 3.05) is 6.61 Å². The molecule has 0 aliphatic rings. The first-order chi connectivity index (χ1) is 15.6. The van der Waals surface area contributed by atoms with E-state index in [1.807, 2.05) is 37.3 Å². The van der Waals surface area contributed by atoms with Crippen LogP contribution in [0.5, 0.6) is 5.75 Å². The third kappa shape index (κ3) is 7.96. The molecule has 0 bridgehead atoms. The molecule has 0 unspecified atom stereocenters. The standard InChI is InChI=1S/C24H25N3O4S/c1-18(32-17-20-6-3-2-4-7-20)24(29)27-26-14-19-9-11-21(12-10-19)31-16-23(28)25-15-22-8-5-13-30-22/h2-14,18H,15-17H2,1H3,(H,25,28)(H,27,29)/b26-14-/t18-/m0/s1. The van der Waals surface area contributed by atoms with Crippen LogP contribution < -0.4 is 15.5 Å². The minimum absolute atomic E-state index is 0.0945. The van der Waals surface area contributed by atoms with Crippen LogP contribution in [0.15, 0.2) is 82.5 Å². The number of nitrogens with one attached hydrogen (secondary N) is 2. The van der Waals surface area contributed by atoms with Crippen molar-refractivity contribution >= 4 is 29.8 Å². The fraction of sp³-hybridized carbons (Fsp3) is 0.208. The van der Waals surface area contributed by atoms with Crippen LogP contribution in [0.3, 0.4) is 0 Å². The van der Waals surface area contributed by atoms with Gasteiger partial charge in [-0.15, -0.1) is 11.8 Å². The van der Waals surface area contributed by atoms with Crippen LogP contribution in [-0.2, 0) is 21.9 Å². The van der Waals surface area contributed by atoms with Crippen LogP contribution in [0.4, 0.5) is 0 Å². The van der Waals surface area contributed by atoms with Crippen LogP contribution in [0.2, 0.25) is 0 Å². The van der Waals surface area contributed by atoms with Gasteiger partial charge in [0.25, 0.3) is 11.8 Å². The summed E-state index contributed by atoms with van der Waals surface area (Å²) >= 11 is 1.56. The summed E-state index contributed by atoms with van der Waals surface area (Å²) in [5.41, 5.74) is 4.54. The molecule has 1 aromatic heterocycles. The number of carbonyl (C=O) groups excluding carboxylic acids is 2. The molecule has 8 heteroatoms. The second kappa shape index (κ2) is 12.4. The molecular formula is C24H25N3O4S. The zero-order valence-electron chi connectivity index (χ0n) is 17.7. The first kappa shape index (κ1) is 23.1. The third-order valence-electron chi connectivity index (χ3n) is 4.39. The molecule has 2 amide bonds. The summed E-state index contributed by atoms with van der Waals surface area (Å²) in [5.74, 6) is 1.61. The van der Waals surface area contributed by atoms with Gasteiger partial charge in [-0.25, -0.2) is 5.43 Å². The lowest BCUT2D eigenvalue weighted by atomic mass is 10.2. The van der Waals surface area contributed by atoms with E-state index in [0.29, 0.717) is 18.1 Å². The molecule has 0 aliphatic heterocycles. The number of benzene rings is 2. The summed E-state index contributed by atoms with van der Waals surface area (Å²) < 4.78 is 10.6. The van der Waals surface area contributed by atoms with Crippen LogP contribution >= 0.6 is 11.8 Å². The van der Waals surface area contributed by atoms with Gasteiger partial charge in [0.2, 0.25) is 0 Å². The van der Waals surface area contributed by atoms with Crippen molar-refractivity contribution in [3.05, 3.63) is 89.9 Å². The molecule has 166 valence electrons. The van der Waals surface area contributed by atoms with Crippen LogP contribution in [0.25, 0.3) is 0 Å². The molecule has 1 atom stereocenters. The first-order valence-corrected chi connectivity index (χ1v) is 11.2. The highest BCUT2D eigenvalue weighted by Crippen LogP contribution is 2.17. The van der Waals surface area contributed by atoms with E-state index in [4.69, 9.17) is 9.15 Å². The van der Waals surface area contributed by atoms with E-state index in [1.54, 1.807) is 60.6 Å². The number of hydrazone groups is 1. The molecule has 0 spiro atoms. The highest BCUT2D eigenvalue weighted by Gasteiger charge is 2.12. The molecule has 0 radical (unpaired) electrons. The molecule has 2 aromatic carbocycles. The van der Waals surface area contributed by atoms with Gasteiger partial charge in [-0.2, -0.15) is 5.10 Å². The zero-order chi connectivity index (χ0) is 22.6. The summed E-state index contributed by atoms with van der Waals surface area (Å²) in [4.78, 5) is 24.0. The second-order valence-electron chi connectivity index (χ2n) is 6.89. The molecule has 3 aromatic rings. The van der Waals surface area contributed by atoms with Crippen molar-refractivity contribution < 1.29 is 18.7 Å². The van der Waals surface area contributed by atoms with Gasteiger partial charge in [0.1, 0.15) is 11.5 Å². The quantitative estimate of drug-likeness (QED) is 0.342. The molecule has 0 aliphatic carbocycles. The van der Waals surface area contributed by atoms with E-state index >= 15 is 0 Å². The van der Waals surface area contributed by atoms with Crippen molar-refractivity contribution in [2.45, 2.75) is 24.5 Å². The Hall–Kier alpha value is -3.52. The Labute approximate surface area is 191 Å². The minimum Gasteiger partial charge on any atom is -0.484 e. The molecule has 3 rings (SSSR count). The average molecular weight is 452 g/mol. The fourth-order valence-electron chi connectivity index (χ4n) is 2.58. The molecule has 2 N–H and O–H groups in total. The predicted molar refractivity (Wildman–Crippen MR) is 125 cm³/mol. The van der Waals surface area contributed by atoms with Gasteiger partial charge in [0.15, 0.2) is 6.61 Å². The van der Waals surface area contributed by atoms with Gasteiger partial charge in [0, 0.05) is 5.75 Å². The monoisotopic (exact) mass is 451 g/mol. The summed E-state index contributed by atoms with van der Waals surface area (Å²) in [7, 11) is 0. The number of rotatable bonds is 11. The van der Waals surface area contributed by atoms with Crippen molar-refractivity contribution in [1.82, 2.24) is 10.7 Å². The topological polar surface area (TPSA) is 92.9 Å². The zero-order valence-corrected chi connectivity index (χ0v) is 18.5. The maximum absolute atomic E-state index is 12.2. The molecule has 7 nitrogen and oxygen atoms in total. The Kier molecular flexibility index (Phi) is 8.94. The van der Waals surface area contributed by atoms with Gasteiger partial charge >= 0.3 is 0 Å². The summed E-state index contributed by atoms with van der Waals surface area (Å²) in [6.07, 6.45) is 3.12. The molecule has 0 fully saturated rings. The highest BCUT2D eigenvalue weighted by molar-refractivity contribution is 7.99. The Bertz CT molecular complexity index is 1010. The Balaban J connectivity index is 1.35. The average Bonchev–Trinajstić information content (AvgIpc) is 3.35. The third-order valence-corrected chi connectivity index (χ3v) is 5.60. The molecule has 0 saturated heterocycles. The van der Waals surface area contributed by atoms with Crippen LogP contribution in [0.1, 0.15) is 23.8 Å². The van der Waals surface area contributed by atoms with Crippen molar-refractivity contribution in [3.63, 3.8) is 0 Å². The Morgan fingerprint density at radius 1 is 1.09 bits per heavy atom. The number of thioether (sulfide) groups is 1. The number of carbonyl (C=O) groups is 2. The highest BCUT2D eigenvalue weighted by atomic mass is 32.2. The van der Waals surface area contributed by atoms with Crippen molar-refractivity contribution in [3.8, 4) is 5.75 Å². The lowest BCUT2D eigenvalue weighted by Crippen LogP contribution is -2.28.